The molecule has 1 aromatic heterocycles. The molecule has 0 bridgehead atoms. The van der Waals surface area contributed by atoms with Crippen LogP contribution in [0.3, 0.4) is 0 Å². The van der Waals surface area contributed by atoms with E-state index in [2.05, 4.69) is 10.1 Å². The molecule has 0 saturated heterocycles. The van der Waals surface area contributed by atoms with Crippen LogP contribution >= 0.6 is 0 Å². The van der Waals surface area contributed by atoms with Gasteiger partial charge in [0.2, 0.25) is 0 Å². The second kappa shape index (κ2) is 6.14. The van der Waals surface area contributed by atoms with Crippen LogP contribution in [0, 0.1) is 5.41 Å². The Labute approximate surface area is 132 Å². The van der Waals surface area contributed by atoms with E-state index in [1.165, 1.54) is 29.5 Å². The lowest BCUT2D eigenvalue weighted by Crippen LogP contribution is -2.33. The Balaban J connectivity index is 2.12. The van der Waals surface area contributed by atoms with Gasteiger partial charge in [-0.25, -0.2) is 9.67 Å². The summed E-state index contributed by atoms with van der Waals surface area (Å²) in [7, 11) is 0. The van der Waals surface area contributed by atoms with E-state index in [1.54, 1.807) is 20.8 Å². The van der Waals surface area contributed by atoms with Gasteiger partial charge < -0.3 is 0 Å². The number of nitrogens with zero attached hydrogens (tertiary/aromatic N) is 3. The van der Waals surface area contributed by atoms with Crippen molar-refractivity contribution in [2.75, 3.05) is 0 Å². The van der Waals surface area contributed by atoms with Gasteiger partial charge in [-0.05, 0) is 31.0 Å². The molecule has 0 fully saturated rings. The maximum Gasteiger partial charge on any atom is 0.416 e. The number of carbonyl (C=O) groups is 1. The number of aromatic nitrogens is 3. The fourth-order valence-corrected chi connectivity index (χ4v) is 2.51. The Hall–Kier alpha value is -2.18. The molecule has 4 nitrogen and oxygen atoms in total. The largest absolute Gasteiger partial charge is 0.416 e. The van der Waals surface area contributed by atoms with Gasteiger partial charge in [-0.1, -0.05) is 26.0 Å². The van der Waals surface area contributed by atoms with Crippen molar-refractivity contribution in [3.8, 4) is 0 Å². The van der Waals surface area contributed by atoms with Gasteiger partial charge in [-0.15, -0.1) is 0 Å². The van der Waals surface area contributed by atoms with Gasteiger partial charge in [-0.3, -0.25) is 4.79 Å². The highest BCUT2D eigenvalue weighted by atomic mass is 19.4. The van der Waals surface area contributed by atoms with E-state index in [0.717, 1.165) is 12.1 Å². The lowest BCUT2D eigenvalue weighted by molar-refractivity contribution is -0.137. The SMILES string of the molecule is CC(C(=O)C(C)(C)Cc1ccc(C(F)(F)F)cc1)n1cncn1. The zero-order chi connectivity index (χ0) is 17.3. The summed E-state index contributed by atoms with van der Waals surface area (Å²) in [6.45, 7) is 5.28. The van der Waals surface area contributed by atoms with Crippen LogP contribution in [0.15, 0.2) is 36.9 Å². The standard InChI is InChI=1S/C16H18F3N3O/c1-11(22-10-20-9-21-22)14(23)15(2,3)8-12-4-6-13(7-5-12)16(17,18)19/h4-7,9-11H,8H2,1-3H3. The highest BCUT2D eigenvalue weighted by molar-refractivity contribution is 5.87. The van der Waals surface area contributed by atoms with Crippen LogP contribution in [0.5, 0.6) is 0 Å². The summed E-state index contributed by atoms with van der Waals surface area (Å²) in [6, 6.07) is 4.42. The number of alkyl halides is 3. The highest BCUT2D eigenvalue weighted by Gasteiger charge is 2.34. The molecule has 124 valence electrons. The number of hydrogen-bond donors (Lipinski definition) is 0. The summed E-state index contributed by atoms with van der Waals surface area (Å²) in [4.78, 5) is 16.4. The smallest absolute Gasteiger partial charge is 0.297 e. The summed E-state index contributed by atoms with van der Waals surface area (Å²) in [6.07, 6.45) is -1.18. The van der Waals surface area contributed by atoms with Gasteiger partial charge >= 0.3 is 6.18 Å². The average molecular weight is 325 g/mol. The molecule has 0 aliphatic heterocycles. The second-order valence-electron chi connectivity index (χ2n) is 6.17. The molecule has 0 amide bonds. The molecule has 1 atom stereocenters. The van der Waals surface area contributed by atoms with Crippen LogP contribution in [-0.2, 0) is 17.4 Å². The molecule has 2 aromatic rings. The van der Waals surface area contributed by atoms with Gasteiger partial charge in [0.05, 0.1) is 5.56 Å². The lowest BCUT2D eigenvalue weighted by atomic mass is 9.79. The van der Waals surface area contributed by atoms with E-state index < -0.39 is 23.2 Å². The van der Waals surface area contributed by atoms with E-state index in [9.17, 15) is 18.0 Å². The summed E-state index contributed by atoms with van der Waals surface area (Å²) >= 11 is 0. The second-order valence-corrected chi connectivity index (χ2v) is 6.17. The van der Waals surface area contributed by atoms with Crippen LogP contribution < -0.4 is 0 Å². The van der Waals surface area contributed by atoms with E-state index in [4.69, 9.17) is 0 Å². The number of hydrogen-bond acceptors (Lipinski definition) is 3. The molecule has 1 unspecified atom stereocenters. The monoisotopic (exact) mass is 325 g/mol. The lowest BCUT2D eigenvalue weighted by Gasteiger charge is -2.26. The highest BCUT2D eigenvalue weighted by Crippen LogP contribution is 2.31. The Bertz CT molecular complexity index is 661. The molecule has 0 aliphatic carbocycles. The van der Waals surface area contributed by atoms with Crippen molar-refractivity contribution in [2.45, 2.75) is 39.4 Å². The first-order valence-corrected chi connectivity index (χ1v) is 7.16. The zero-order valence-corrected chi connectivity index (χ0v) is 13.1. The van der Waals surface area contributed by atoms with E-state index in [0.29, 0.717) is 12.0 Å². The molecule has 2 rings (SSSR count). The van der Waals surface area contributed by atoms with Gasteiger partial charge in [0.1, 0.15) is 18.7 Å². The fraction of sp³-hybridized carbons (Fsp3) is 0.438. The van der Waals surface area contributed by atoms with Crippen molar-refractivity contribution in [3.05, 3.63) is 48.0 Å². The summed E-state index contributed by atoms with van der Waals surface area (Å²) in [5.41, 5.74) is -0.742. The number of Topliss-reactive ketones (excluding diaryl/α,β-unsaturated/α-hetero) is 1. The van der Waals surface area contributed by atoms with Crippen LogP contribution in [0.1, 0.15) is 37.9 Å². The minimum Gasteiger partial charge on any atom is -0.297 e. The Morgan fingerprint density at radius 2 is 1.83 bits per heavy atom. The van der Waals surface area contributed by atoms with Gasteiger partial charge in [-0.2, -0.15) is 18.3 Å². The summed E-state index contributed by atoms with van der Waals surface area (Å²) in [5.74, 6) is -0.0529. The molecule has 0 spiro atoms. The first kappa shape index (κ1) is 17.2. The molecule has 0 N–H and O–H groups in total. The third kappa shape index (κ3) is 3.97. The van der Waals surface area contributed by atoms with Gasteiger partial charge in [0.25, 0.3) is 0 Å². The van der Waals surface area contributed by atoms with Crippen molar-refractivity contribution in [1.82, 2.24) is 14.8 Å². The molecule has 1 heterocycles. The van der Waals surface area contributed by atoms with Crippen molar-refractivity contribution >= 4 is 5.78 Å². The van der Waals surface area contributed by atoms with Crippen LogP contribution in [-0.4, -0.2) is 20.5 Å². The summed E-state index contributed by atoms with van der Waals surface area (Å²) in [5, 5.41) is 3.96. The third-order valence-corrected chi connectivity index (χ3v) is 3.81. The molecular weight excluding hydrogens is 307 g/mol. The minimum atomic E-state index is -4.36. The van der Waals surface area contributed by atoms with E-state index in [1.807, 2.05) is 0 Å². The quantitative estimate of drug-likeness (QED) is 0.842. The minimum absolute atomic E-state index is 0.0529. The van der Waals surface area contributed by atoms with Crippen LogP contribution in [0.4, 0.5) is 13.2 Å². The van der Waals surface area contributed by atoms with E-state index in [-0.39, 0.29) is 5.78 Å². The fourth-order valence-electron chi connectivity index (χ4n) is 2.51. The zero-order valence-electron chi connectivity index (χ0n) is 13.1. The Morgan fingerprint density at radius 1 is 1.22 bits per heavy atom. The van der Waals surface area contributed by atoms with Crippen LogP contribution in [0.25, 0.3) is 0 Å². The normalized spacial score (nSPS) is 13.8. The number of ketones is 1. The van der Waals surface area contributed by atoms with Crippen molar-refractivity contribution in [2.24, 2.45) is 5.41 Å². The van der Waals surface area contributed by atoms with Crippen molar-refractivity contribution in [1.29, 1.82) is 0 Å². The van der Waals surface area contributed by atoms with Gasteiger partial charge in [0, 0.05) is 5.41 Å². The third-order valence-electron chi connectivity index (χ3n) is 3.81. The number of halogens is 3. The number of rotatable bonds is 5. The van der Waals surface area contributed by atoms with Crippen LogP contribution in [0.2, 0.25) is 0 Å². The first-order valence-electron chi connectivity index (χ1n) is 7.16. The van der Waals surface area contributed by atoms with E-state index >= 15 is 0 Å². The van der Waals surface area contributed by atoms with Crippen molar-refractivity contribution < 1.29 is 18.0 Å². The molecular formula is C16H18F3N3O. The predicted molar refractivity (Wildman–Crippen MR) is 78.7 cm³/mol. The molecule has 7 heteroatoms. The van der Waals surface area contributed by atoms with Gasteiger partial charge in [0.15, 0.2) is 5.78 Å². The first-order chi connectivity index (χ1) is 10.6. The topological polar surface area (TPSA) is 47.8 Å². The summed E-state index contributed by atoms with van der Waals surface area (Å²) < 4.78 is 39.2. The predicted octanol–water partition coefficient (Wildman–Crippen LogP) is 3.70. The number of carbonyl (C=O) groups excluding carboxylic acids is 1. The maximum absolute atomic E-state index is 12.6. The molecule has 23 heavy (non-hydrogen) atoms. The molecule has 0 radical (unpaired) electrons. The molecule has 1 aromatic carbocycles. The Kier molecular flexibility index (Phi) is 4.58. The molecule has 0 saturated carbocycles. The number of benzene rings is 1. The maximum atomic E-state index is 12.6. The Morgan fingerprint density at radius 3 is 2.30 bits per heavy atom. The average Bonchev–Trinajstić information content (AvgIpc) is 2.99. The van der Waals surface area contributed by atoms with Crippen molar-refractivity contribution in [3.63, 3.8) is 0 Å². The molecule has 0 aliphatic rings.